The van der Waals surface area contributed by atoms with Crippen LogP contribution in [0.4, 0.5) is 0 Å². The van der Waals surface area contributed by atoms with E-state index in [-0.39, 0.29) is 18.1 Å². The molecule has 0 N–H and O–H groups in total. The Bertz CT molecular complexity index is 1410. The number of hydrogen-bond donors (Lipinski definition) is 0. The van der Waals surface area contributed by atoms with E-state index in [4.69, 9.17) is 9.05 Å². The van der Waals surface area contributed by atoms with Gasteiger partial charge in [-0.15, -0.1) is 0 Å². The van der Waals surface area contributed by atoms with E-state index in [0.717, 1.165) is 17.9 Å². The van der Waals surface area contributed by atoms with Crippen LogP contribution in [0.25, 0.3) is 10.8 Å². The molecule has 4 atom stereocenters. The van der Waals surface area contributed by atoms with E-state index < -0.39 is 8.53 Å². The molecule has 3 unspecified atom stereocenters. The Morgan fingerprint density at radius 1 is 0.912 bits per heavy atom. The van der Waals surface area contributed by atoms with E-state index in [1.807, 2.05) is 0 Å². The fraction of sp³-hybridized carbons (Fsp3) is 0.200. The lowest BCUT2D eigenvalue weighted by Crippen LogP contribution is -2.28. The van der Waals surface area contributed by atoms with Crippen LogP contribution in [-0.4, -0.2) is 17.3 Å². The Morgan fingerprint density at radius 3 is 2.53 bits per heavy atom. The van der Waals surface area contributed by atoms with E-state index in [9.17, 15) is 0 Å². The van der Waals surface area contributed by atoms with Gasteiger partial charge in [0.1, 0.15) is 11.9 Å². The molecule has 0 amide bonds. The molecule has 6 rings (SSSR count). The molecule has 4 heteroatoms. The zero-order chi connectivity index (χ0) is 23.1. The molecule has 0 aromatic heterocycles. The third kappa shape index (κ3) is 3.60. The largest absolute Gasteiger partial charge is 0.435 e. The van der Waals surface area contributed by atoms with Crippen LogP contribution in [0.5, 0.6) is 5.75 Å². The Labute approximate surface area is 202 Å². The second-order valence-corrected chi connectivity index (χ2v) is 10.1. The number of hydrogen-bond acceptors (Lipinski definition) is 3. The number of nitrogens with zero attached hydrogens (tertiary/aromatic N) is 1. The van der Waals surface area contributed by atoms with E-state index in [0.29, 0.717) is 0 Å². The summed E-state index contributed by atoms with van der Waals surface area (Å²) < 4.78 is 15.9. The van der Waals surface area contributed by atoms with Crippen LogP contribution in [-0.2, 0) is 4.52 Å². The van der Waals surface area contributed by atoms with Gasteiger partial charge in [0.15, 0.2) is 0 Å². The molecule has 4 aromatic rings. The van der Waals surface area contributed by atoms with Crippen LogP contribution < -0.4 is 4.52 Å². The number of rotatable bonds is 4. The Balaban J connectivity index is 1.51. The van der Waals surface area contributed by atoms with Gasteiger partial charge >= 0.3 is 8.53 Å². The van der Waals surface area contributed by atoms with Gasteiger partial charge < -0.3 is 4.52 Å². The maximum Gasteiger partial charge on any atom is 0.322 e. The smallest absolute Gasteiger partial charge is 0.322 e. The lowest BCUT2D eigenvalue weighted by Gasteiger charge is -2.34. The SMILES string of the molecule is CCN([C@@H](C)c1ccccc1)P1Oc2ccc3ccccc3c2C2c3ccccc3C#CC2O1. The van der Waals surface area contributed by atoms with Gasteiger partial charge in [-0.25, -0.2) is 4.67 Å². The molecular weight excluding hydrogens is 437 g/mol. The molecule has 0 fully saturated rings. The van der Waals surface area contributed by atoms with Gasteiger partial charge in [0.2, 0.25) is 0 Å². The zero-order valence-electron chi connectivity index (χ0n) is 19.3. The van der Waals surface area contributed by atoms with E-state index in [1.165, 1.54) is 27.5 Å². The molecule has 3 nitrogen and oxygen atoms in total. The monoisotopic (exact) mass is 463 g/mol. The van der Waals surface area contributed by atoms with Crippen molar-refractivity contribution in [3.05, 3.63) is 113 Å². The lowest BCUT2D eigenvalue weighted by molar-refractivity contribution is 0.205. The maximum absolute atomic E-state index is 6.79. The molecule has 0 radical (unpaired) electrons. The average Bonchev–Trinajstić information content (AvgIpc) is 3.06. The first-order valence-electron chi connectivity index (χ1n) is 11.8. The van der Waals surface area contributed by atoms with Crippen LogP contribution in [0.1, 0.15) is 48.1 Å². The molecular formula is C30H26NO2P. The standard InChI is InChI=1S/C30H26NO2P/c1-3-31(21(2)22-11-5-4-6-12-22)34-32-27-19-17-23-13-7-9-15-25(23)29(27)30-26-16-10-8-14-24(26)18-20-28(30)33-34/h4-17,19,21,28,30H,3H2,1-2H3/t21-,28?,30?,34?/m0/s1. The average molecular weight is 464 g/mol. The van der Waals surface area contributed by atoms with Crippen molar-refractivity contribution in [2.45, 2.75) is 31.9 Å². The van der Waals surface area contributed by atoms with Gasteiger partial charge in [0.25, 0.3) is 0 Å². The van der Waals surface area contributed by atoms with Crippen molar-refractivity contribution < 1.29 is 9.05 Å². The summed E-state index contributed by atoms with van der Waals surface area (Å²) in [5.41, 5.74) is 4.71. The molecule has 0 saturated carbocycles. The fourth-order valence-electron chi connectivity index (χ4n) is 5.10. The molecule has 4 aromatic carbocycles. The van der Waals surface area contributed by atoms with Crippen molar-refractivity contribution in [1.29, 1.82) is 0 Å². The van der Waals surface area contributed by atoms with Crippen LogP contribution in [0.3, 0.4) is 0 Å². The highest BCUT2D eigenvalue weighted by Gasteiger charge is 2.41. The van der Waals surface area contributed by atoms with Crippen molar-refractivity contribution >= 4 is 19.3 Å². The summed E-state index contributed by atoms with van der Waals surface area (Å²) in [5.74, 6) is 7.71. The third-order valence-corrected chi connectivity index (χ3v) is 8.64. The van der Waals surface area contributed by atoms with Gasteiger partial charge in [-0.2, -0.15) is 0 Å². The fourth-order valence-corrected chi connectivity index (χ4v) is 6.71. The van der Waals surface area contributed by atoms with Crippen molar-refractivity contribution in [3.63, 3.8) is 0 Å². The molecule has 2 aliphatic rings. The van der Waals surface area contributed by atoms with Crippen molar-refractivity contribution in [3.8, 4) is 17.6 Å². The predicted molar refractivity (Wildman–Crippen MR) is 139 cm³/mol. The maximum atomic E-state index is 6.79. The first-order chi connectivity index (χ1) is 16.7. The Hall–Kier alpha value is -3.15. The molecule has 1 aliphatic heterocycles. The summed E-state index contributed by atoms with van der Waals surface area (Å²) >= 11 is 0. The van der Waals surface area contributed by atoms with Gasteiger partial charge in [-0.05, 0) is 41.0 Å². The topological polar surface area (TPSA) is 21.7 Å². The quantitative estimate of drug-likeness (QED) is 0.232. The Morgan fingerprint density at radius 2 is 1.68 bits per heavy atom. The van der Waals surface area contributed by atoms with E-state index >= 15 is 0 Å². The zero-order valence-corrected chi connectivity index (χ0v) is 20.2. The minimum atomic E-state index is -1.37. The third-order valence-electron chi connectivity index (χ3n) is 6.83. The summed E-state index contributed by atoms with van der Waals surface area (Å²) in [5, 5.41) is 2.41. The van der Waals surface area contributed by atoms with Crippen LogP contribution in [0.2, 0.25) is 0 Å². The summed E-state index contributed by atoms with van der Waals surface area (Å²) in [6, 6.07) is 32.0. The molecule has 0 bridgehead atoms. The van der Waals surface area contributed by atoms with Crippen LogP contribution in [0, 0.1) is 11.8 Å². The van der Waals surface area contributed by atoms with Gasteiger partial charge in [-0.3, -0.25) is 4.52 Å². The van der Waals surface area contributed by atoms with Crippen molar-refractivity contribution in [2.75, 3.05) is 6.54 Å². The molecule has 0 saturated heterocycles. The van der Waals surface area contributed by atoms with Crippen molar-refractivity contribution in [1.82, 2.24) is 4.67 Å². The normalized spacial score (nSPS) is 21.3. The minimum Gasteiger partial charge on any atom is -0.435 e. The van der Waals surface area contributed by atoms with Gasteiger partial charge in [0, 0.05) is 23.7 Å². The highest BCUT2D eigenvalue weighted by molar-refractivity contribution is 7.45. The molecule has 168 valence electrons. The first kappa shape index (κ1) is 21.4. The molecule has 1 aliphatic carbocycles. The van der Waals surface area contributed by atoms with Gasteiger partial charge in [0.05, 0.1) is 5.92 Å². The highest BCUT2D eigenvalue weighted by atomic mass is 31.2. The van der Waals surface area contributed by atoms with E-state index in [2.05, 4.69) is 121 Å². The molecule has 1 heterocycles. The predicted octanol–water partition coefficient (Wildman–Crippen LogP) is 7.42. The lowest BCUT2D eigenvalue weighted by atomic mass is 9.79. The summed E-state index contributed by atoms with van der Waals surface area (Å²) in [6.07, 6.45) is -0.273. The number of fused-ring (bicyclic) bond motifs is 7. The van der Waals surface area contributed by atoms with Crippen LogP contribution >= 0.6 is 8.53 Å². The summed E-state index contributed by atoms with van der Waals surface area (Å²) in [6.45, 7) is 5.20. The van der Waals surface area contributed by atoms with E-state index in [1.54, 1.807) is 0 Å². The highest BCUT2D eigenvalue weighted by Crippen LogP contribution is 2.57. The summed E-state index contributed by atoms with van der Waals surface area (Å²) in [4.78, 5) is 0. The molecule has 0 spiro atoms. The van der Waals surface area contributed by atoms with Crippen molar-refractivity contribution in [2.24, 2.45) is 0 Å². The second-order valence-electron chi connectivity index (χ2n) is 8.73. The minimum absolute atomic E-state index is 0.00297. The first-order valence-corrected chi connectivity index (χ1v) is 13.0. The van der Waals surface area contributed by atoms with Crippen LogP contribution in [0.15, 0.2) is 91.0 Å². The number of benzene rings is 4. The Kier molecular flexibility index (Phi) is 5.60. The van der Waals surface area contributed by atoms with Gasteiger partial charge in [-0.1, -0.05) is 97.6 Å². The molecule has 34 heavy (non-hydrogen) atoms. The second kappa shape index (κ2) is 8.90. The summed E-state index contributed by atoms with van der Waals surface area (Å²) in [7, 11) is -1.37.